The Morgan fingerprint density at radius 2 is 2.10 bits per heavy atom. The molecule has 20 heavy (non-hydrogen) atoms. The molecule has 0 saturated heterocycles. The zero-order valence-corrected chi connectivity index (χ0v) is 12.1. The molecular formula is C15H17ClN2O2. The second-order valence-corrected chi connectivity index (χ2v) is 4.69. The summed E-state index contributed by atoms with van der Waals surface area (Å²) in [5, 5.41) is 0.589. The van der Waals surface area contributed by atoms with Gasteiger partial charge in [-0.1, -0.05) is 17.7 Å². The lowest BCUT2D eigenvalue weighted by Crippen LogP contribution is -2.03. The number of nitrogens with zero attached hydrogens (tertiary/aromatic N) is 1. The molecule has 2 rings (SSSR count). The molecule has 0 aliphatic heterocycles. The number of aromatic nitrogens is 1. The first-order valence-electron chi connectivity index (χ1n) is 6.32. The lowest BCUT2D eigenvalue weighted by molar-refractivity contribution is 0.284. The number of halogens is 1. The average molecular weight is 293 g/mol. The summed E-state index contributed by atoms with van der Waals surface area (Å²) in [6.45, 7) is 0.976. The molecule has 0 spiro atoms. The number of hydrogen-bond acceptors (Lipinski definition) is 4. The number of benzene rings is 1. The van der Waals surface area contributed by atoms with E-state index in [1.54, 1.807) is 19.5 Å². The van der Waals surface area contributed by atoms with Crippen molar-refractivity contribution in [1.29, 1.82) is 0 Å². The van der Waals surface area contributed by atoms with E-state index in [4.69, 9.17) is 26.8 Å². The van der Waals surface area contributed by atoms with Crippen LogP contribution >= 0.6 is 11.6 Å². The summed E-state index contributed by atoms with van der Waals surface area (Å²) in [5.41, 5.74) is 7.56. The summed E-state index contributed by atoms with van der Waals surface area (Å²) < 4.78 is 11.1. The highest BCUT2D eigenvalue weighted by atomic mass is 35.5. The van der Waals surface area contributed by atoms with Crippen LogP contribution in [0.4, 0.5) is 0 Å². The predicted molar refractivity (Wildman–Crippen MR) is 79.3 cm³/mol. The molecule has 0 bridgehead atoms. The van der Waals surface area contributed by atoms with Crippen molar-refractivity contribution in [3.8, 4) is 11.5 Å². The third-order valence-electron chi connectivity index (χ3n) is 2.90. The summed E-state index contributed by atoms with van der Waals surface area (Å²) in [7, 11) is 1.62. The number of nitrogens with two attached hydrogens (primary N) is 1. The summed E-state index contributed by atoms with van der Waals surface area (Å²) in [4.78, 5) is 3.94. The van der Waals surface area contributed by atoms with Crippen LogP contribution in [0.25, 0.3) is 0 Å². The number of hydrogen-bond donors (Lipinski definition) is 1. The molecule has 4 nitrogen and oxygen atoms in total. The second kappa shape index (κ2) is 7.12. The number of pyridine rings is 1. The summed E-state index contributed by atoms with van der Waals surface area (Å²) in [6, 6.07) is 7.64. The zero-order chi connectivity index (χ0) is 14.4. The first-order chi connectivity index (χ1) is 9.74. The van der Waals surface area contributed by atoms with E-state index in [2.05, 4.69) is 4.98 Å². The van der Waals surface area contributed by atoms with Crippen LogP contribution in [-0.2, 0) is 13.0 Å². The van der Waals surface area contributed by atoms with Gasteiger partial charge in [-0.3, -0.25) is 4.98 Å². The van der Waals surface area contributed by atoms with E-state index in [1.807, 2.05) is 24.3 Å². The molecule has 0 aliphatic carbocycles. The van der Waals surface area contributed by atoms with Crippen LogP contribution in [0.2, 0.25) is 5.02 Å². The third kappa shape index (κ3) is 3.62. The van der Waals surface area contributed by atoms with Crippen LogP contribution in [0.1, 0.15) is 11.1 Å². The van der Waals surface area contributed by atoms with E-state index in [1.165, 1.54) is 0 Å². The van der Waals surface area contributed by atoms with E-state index in [9.17, 15) is 0 Å². The van der Waals surface area contributed by atoms with Gasteiger partial charge in [0.1, 0.15) is 6.61 Å². The van der Waals surface area contributed by atoms with Crippen LogP contribution in [0, 0.1) is 0 Å². The Hall–Kier alpha value is -1.78. The lowest BCUT2D eigenvalue weighted by Gasteiger charge is -2.12. The molecule has 5 heteroatoms. The van der Waals surface area contributed by atoms with E-state index >= 15 is 0 Å². The highest BCUT2D eigenvalue weighted by molar-refractivity contribution is 6.31. The molecule has 0 atom stereocenters. The Balaban J connectivity index is 2.11. The molecule has 2 N–H and O–H groups in total. The SMILES string of the molecule is COc1cc(CCN)ccc1OCc1ccncc1Cl. The van der Waals surface area contributed by atoms with Gasteiger partial charge in [-0.15, -0.1) is 0 Å². The maximum Gasteiger partial charge on any atom is 0.161 e. The molecule has 0 aliphatic rings. The van der Waals surface area contributed by atoms with Gasteiger partial charge < -0.3 is 15.2 Å². The third-order valence-corrected chi connectivity index (χ3v) is 3.24. The Bertz CT molecular complexity index is 576. The van der Waals surface area contributed by atoms with Gasteiger partial charge in [0.15, 0.2) is 11.5 Å². The predicted octanol–water partition coefficient (Wildman–Crippen LogP) is 2.82. The minimum absolute atomic E-state index is 0.369. The Morgan fingerprint density at radius 1 is 1.25 bits per heavy atom. The monoisotopic (exact) mass is 292 g/mol. The minimum atomic E-state index is 0.369. The molecule has 0 amide bonds. The van der Waals surface area contributed by atoms with E-state index < -0.39 is 0 Å². The van der Waals surface area contributed by atoms with Crippen LogP contribution in [-0.4, -0.2) is 18.6 Å². The number of methoxy groups -OCH3 is 1. The first-order valence-corrected chi connectivity index (χ1v) is 6.70. The minimum Gasteiger partial charge on any atom is -0.493 e. The fourth-order valence-corrected chi connectivity index (χ4v) is 2.00. The highest BCUT2D eigenvalue weighted by Crippen LogP contribution is 2.29. The van der Waals surface area contributed by atoms with Crippen molar-refractivity contribution in [2.24, 2.45) is 5.73 Å². The Morgan fingerprint density at radius 3 is 2.80 bits per heavy atom. The normalized spacial score (nSPS) is 10.3. The molecule has 2 aromatic rings. The van der Waals surface area contributed by atoms with Gasteiger partial charge in [-0.25, -0.2) is 0 Å². The quantitative estimate of drug-likeness (QED) is 0.889. The first kappa shape index (κ1) is 14.6. The maximum absolute atomic E-state index is 6.04. The maximum atomic E-state index is 6.04. The molecule has 106 valence electrons. The standard InChI is InChI=1S/C15H17ClN2O2/c1-19-15-8-11(4-6-17)2-3-14(15)20-10-12-5-7-18-9-13(12)16/h2-3,5,7-9H,4,6,10,17H2,1H3. The zero-order valence-electron chi connectivity index (χ0n) is 11.3. The molecule has 0 fully saturated rings. The van der Waals surface area contributed by atoms with Crippen molar-refractivity contribution in [3.05, 3.63) is 52.8 Å². The van der Waals surface area contributed by atoms with E-state index in [-0.39, 0.29) is 0 Å². The topological polar surface area (TPSA) is 57.4 Å². The lowest BCUT2D eigenvalue weighted by atomic mass is 10.1. The van der Waals surface area contributed by atoms with Crippen molar-refractivity contribution in [2.75, 3.05) is 13.7 Å². The van der Waals surface area contributed by atoms with Crippen molar-refractivity contribution in [2.45, 2.75) is 13.0 Å². The summed E-state index contributed by atoms with van der Waals surface area (Å²) in [5.74, 6) is 1.38. The second-order valence-electron chi connectivity index (χ2n) is 4.28. The van der Waals surface area contributed by atoms with Gasteiger partial charge in [0.25, 0.3) is 0 Å². The van der Waals surface area contributed by atoms with Gasteiger partial charge in [-0.2, -0.15) is 0 Å². The van der Waals surface area contributed by atoms with E-state index in [0.29, 0.717) is 29.7 Å². The summed E-state index contributed by atoms with van der Waals surface area (Å²) in [6.07, 6.45) is 4.10. The van der Waals surface area contributed by atoms with Gasteiger partial charge >= 0.3 is 0 Å². The average Bonchev–Trinajstić information content (AvgIpc) is 2.47. The molecule has 0 radical (unpaired) electrons. The van der Waals surface area contributed by atoms with Crippen molar-refractivity contribution in [1.82, 2.24) is 4.98 Å². The molecular weight excluding hydrogens is 276 g/mol. The molecule has 1 heterocycles. The van der Waals surface area contributed by atoms with Crippen LogP contribution in [0.5, 0.6) is 11.5 Å². The fraction of sp³-hybridized carbons (Fsp3) is 0.267. The highest BCUT2D eigenvalue weighted by Gasteiger charge is 2.07. The van der Waals surface area contributed by atoms with Gasteiger partial charge in [0.2, 0.25) is 0 Å². The molecule has 0 saturated carbocycles. The van der Waals surface area contributed by atoms with Gasteiger partial charge in [0.05, 0.1) is 12.1 Å². The Kier molecular flexibility index (Phi) is 5.21. The van der Waals surface area contributed by atoms with Crippen molar-refractivity contribution >= 4 is 11.6 Å². The molecule has 1 aromatic heterocycles. The van der Waals surface area contributed by atoms with E-state index in [0.717, 1.165) is 17.5 Å². The van der Waals surface area contributed by atoms with Gasteiger partial charge in [0, 0.05) is 18.0 Å². The van der Waals surface area contributed by atoms with Crippen molar-refractivity contribution in [3.63, 3.8) is 0 Å². The number of ether oxygens (including phenoxy) is 2. The summed E-state index contributed by atoms with van der Waals surface area (Å²) >= 11 is 6.04. The molecule has 0 unspecified atom stereocenters. The smallest absolute Gasteiger partial charge is 0.161 e. The van der Waals surface area contributed by atoms with Crippen molar-refractivity contribution < 1.29 is 9.47 Å². The van der Waals surface area contributed by atoms with Crippen LogP contribution in [0.15, 0.2) is 36.7 Å². The largest absolute Gasteiger partial charge is 0.493 e. The number of rotatable bonds is 6. The van der Waals surface area contributed by atoms with Gasteiger partial charge in [-0.05, 0) is 36.7 Å². The van der Waals surface area contributed by atoms with Crippen LogP contribution in [0.3, 0.4) is 0 Å². The molecule has 1 aromatic carbocycles. The Labute approximate surface area is 123 Å². The fourth-order valence-electron chi connectivity index (χ4n) is 1.83. The van der Waals surface area contributed by atoms with Crippen LogP contribution < -0.4 is 15.2 Å².